The summed E-state index contributed by atoms with van der Waals surface area (Å²) in [5.74, 6) is 0. The zero-order valence-corrected chi connectivity index (χ0v) is 12.2. The minimum atomic E-state index is -0.342. The summed E-state index contributed by atoms with van der Waals surface area (Å²) >= 11 is 6.84. The van der Waals surface area contributed by atoms with E-state index in [-0.39, 0.29) is 24.5 Å². The summed E-state index contributed by atoms with van der Waals surface area (Å²) in [6.45, 7) is 0.476. The van der Waals surface area contributed by atoms with Crippen LogP contribution in [0.4, 0.5) is 4.79 Å². The summed E-state index contributed by atoms with van der Waals surface area (Å²) in [5, 5.41) is 2.78. The van der Waals surface area contributed by atoms with Gasteiger partial charge in [0.15, 0.2) is 0 Å². The number of carbonyl (C=O) groups is 1. The van der Waals surface area contributed by atoms with Crippen LogP contribution in [0.2, 0.25) is 0 Å². The van der Waals surface area contributed by atoms with Crippen molar-refractivity contribution in [1.82, 2.24) is 5.32 Å². The number of hydrogen-bond donors (Lipinski definition) is 1. The second kappa shape index (κ2) is 5.89. The standard InChI is InChI=1S/C10H9Br2NO2.ClH/c11-7-2-1-6(5-8(7)12)9-3-4-15-10(14)13-9;/h1-2,5,9H,3-4H2,(H,13,14);1H/t9-;/m0./s1. The zero-order valence-electron chi connectivity index (χ0n) is 8.20. The van der Waals surface area contributed by atoms with Crippen LogP contribution in [0.3, 0.4) is 0 Å². The Balaban J connectivity index is 0.00000128. The van der Waals surface area contributed by atoms with Gasteiger partial charge in [-0.2, -0.15) is 0 Å². The Labute approximate surface area is 117 Å². The van der Waals surface area contributed by atoms with Crippen LogP contribution in [0.15, 0.2) is 27.1 Å². The molecule has 88 valence electrons. The normalized spacial score (nSPS) is 19.4. The molecule has 1 fully saturated rings. The molecule has 1 N–H and O–H groups in total. The third-order valence-electron chi connectivity index (χ3n) is 2.28. The molecule has 1 aromatic rings. The molecule has 3 nitrogen and oxygen atoms in total. The second-order valence-electron chi connectivity index (χ2n) is 3.30. The van der Waals surface area contributed by atoms with E-state index in [4.69, 9.17) is 4.74 Å². The summed E-state index contributed by atoms with van der Waals surface area (Å²) in [7, 11) is 0. The third-order valence-corrected chi connectivity index (χ3v) is 4.16. The van der Waals surface area contributed by atoms with Crippen molar-refractivity contribution in [2.24, 2.45) is 0 Å². The molecule has 0 spiro atoms. The van der Waals surface area contributed by atoms with Gasteiger partial charge >= 0.3 is 6.09 Å². The van der Waals surface area contributed by atoms with Gasteiger partial charge < -0.3 is 10.1 Å². The van der Waals surface area contributed by atoms with Gasteiger partial charge in [0.25, 0.3) is 0 Å². The van der Waals surface area contributed by atoms with Crippen molar-refractivity contribution in [2.45, 2.75) is 12.5 Å². The van der Waals surface area contributed by atoms with Crippen LogP contribution in [0.1, 0.15) is 18.0 Å². The van der Waals surface area contributed by atoms with Crippen molar-refractivity contribution in [3.8, 4) is 0 Å². The molecule has 0 radical (unpaired) electrons. The Bertz CT molecular complexity index is 400. The summed E-state index contributed by atoms with van der Waals surface area (Å²) in [6.07, 6.45) is 0.463. The Morgan fingerprint density at radius 1 is 1.31 bits per heavy atom. The molecular weight excluding hydrogens is 361 g/mol. The molecule has 2 rings (SSSR count). The van der Waals surface area contributed by atoms with E-state index in [1.54, 1.807) is 0 Å². The quantitative estimate of drug-likeness (QED) is 0.815. The topological polar surface area (TPSA) is 38.3 Å². The second-order valence-corrected chi connectivity index (χ2v) is 5.00. The first-order chi connectivity index (χ1) is 7.16. The SMILES string of the molecule is Cl.O=C1N[C@H](c2ccc(Br)c(Br)c2)CCO1. The van der Waals surface area contributed by atoms with Crippen LogP contribution >= 0.6 is 44.3 Å². The molecule has 0 aromatic heterocycles. The van der Waals surface area contributed by atoms with Gasteiger partial charge in [-0.05, 0) is 49.6 Å². The summed E-state index contributed by atoms with van der Waals surface area (Å²) in [4.78, 5) is 11.0. The summed E-state index contributed by atoms with van der Waals surface area (Å²) in [5.41, 5.74) is 1.08. The lowest BCUT2D eigenvalue weighted by molar-refractivity contribution is 0.115. The lowest BCUT2D eigenvalue weighted by Gasteiger charge is -2.23. The molecule has 1 amide bonds. The number of benzene rings is 1. The van der Waals surface area contributed by atoms with E-state index in [0.29, 0.717) is 6.61 Å². The fourth-order valence-corrected chi connectivity index (χ4v) is 2.15. The predicted octanol–water partition coefficient (Wildman–Crippen LogP) is 3.80. The highest BCUT2D eigenvalue weighted by Crippen LogP contribution is 2.28. The van der Waals surface area contributed by atoms with Crippen LogP contribution in [0.5, 0.6) is 0 Å². The maximum atomic E-state index is 11.0. The molecule has 1 aromatic carbocycles. The van der Waals surface area contributed by atoms with E-state index in [2.05, 4.69) is 37.2 Å². The average molecular weight is 371 g/mol. The number of hydrogen-bond acceptors (Lipinski definition) is 2. The Hall–Kier alpha value is -0.260. The smallest absolute Gasteiger partial charge is 0.407 e. The number of rotatable bonds is 1. The number of halogens is 3. The third kappa shape index (κ3) is 3.12. The van der Waals surface area contributed by atoms with Crippen molar-refractivity contribution in [3.63, 3.8) is 0 Å². The van der Waals surface area contributed by atoms with E-state index in [1.807, 2.05) is 18.2 Å². The lowest BCUT2D eigenvalue weighted by atomic mass is 10.0. The zero-order chi connectivity index (χ0) is 10.8. The molecule has 0 unspecified atom stereocenters. The summed E-state index contributed by atoms with van der Waals surface area (Å²) in [6, 6.07) is 6.00. The highest BCUT2D eigenvalue weighted by molar-refractivity contribution is 9.13. The molecule has 1 aliphatic heterocycles. The largest absolute Gasteiger partial charge is 0.449 e. The monoisotopic (exact) mass is 369 g/mol. The minimum absolute atomic E-state index is 0. The van der Waals surface area contributed by atoms with Crippen molar-refractivity contribution in [1.29, 1.82) is 0 Å². The molecule has 0 aliphatic carbocycles. The van der Waals surface area contributed by atoms with E-state index in [9.17, 15) is 4.79 Å². The van der Waals surface area contributed by atoms with Gasteiger partial charge in [0.2, 0.25) is 0 Å². The lowest BCUT2D eigenvalue weighted by Crippen LogP contribution is -2.35. The fourth-order valence-electron chi connectivity index (χ4n) is 1.50. The van der Waals surface area contributed by atoms with Crippen LogP contribution in [-0.2, 0) is 4.74 Å². The first-order valence-electron chi connectivity index (χ1n) is 4.55. The molecule has 1 heterocycles. The predicted molar refractivity (Wildman–Crippen MR) is 70.9 cm³/mol. The Kier molecular flexibility index (Phi) is 5.08. The van der Waals surface area contributed by atoms with E-state index in [0.717, 1.165) is 20.9 Å². The van der Waals surface area contributed by atoms with Gasteiger partial charge in [-0.25, -0.2) is 4.79 Å². The molecule has 1 saturated heterocycles. The van der Waals surface area contributed by atoms with Gasteiger partial charge in [0.05, 0.1) is 12.6 Å². The molecule has 1 atom stereocenters. The van der Waals surface area contributed by atoms with Gasteiger partial charge in [0, 0.05) is 15.4 Å². The number of cyclic esters (lactones) is 1. The number of nitrogens with one attached hydrogen (secondary N) is 1. The molecule has 1 aliphatic rings. The molecular formula is C10H10Br2ClNO2. The van der Waals surface area contributed by atoms with Crippen LogP contribution in [0, 0.1) is 0 Å². The molecule has 0 saturated carbocycles. The molecule has 0 bridgehead atoms. The highest BCUT2D eigenvalue weighted by atomic mass is 79.9. The van der Waals surface area contributed by atoms with Crippen molar-refractivity contribution < 1.29 is 9.53 Å². The first kappa shape index (κ1) is 13.8. The summed E-state index contributed by atoms with van der Waals surface area (Å²) < 4.78 is 6.80. The van der Waals surface area contributed by atoms with E-state index in [1.165, 1.54) is 0 Å². The van der Waals surface area contributed by atoms with E-state index < -0.39 is 0 Å². The Morgan fingerprint density at radius 3 is 2.69 bits per heavy atom. The van der Waals surface area contributed by atoms with Crippen molar-refractivity contribution in [2.75, 3.05) is 6.61 Å². The van der Waals surface area contributed by atoms with Crippen molar-refractivity contribution in [3.05, 3.63) is 32.7 Å². The van der Waals surface area contributed by atoms with Gasteiger partial charge in [-0.15, -0.1) is 12.4 Å². The Morgan fingerprint density at radius 2 is 2.06 bits per heavy atom. The maximum Gasteiger partial charge on any atom is 0.407 e. The molecule has 16 heavy (non-hydrogen) atoms. The highest BCUT2D eigenvalue weighted by Gasteiger charge is 2.20. The van der Waals surface area contributed by atoms with E-state index >= 15 is 0 Å². The number of ether oxygens (including phenoxy) is 1. The van der Waals surface area contributed by atoms with Crippen molar-refractivity contribution >= 4 is 50.4 Å². The van der Waals surface area contributed by atoms with Gasteiger partial charge in [0.1, 0.15) is 0 Å². The maximum absolute atomic E-state index is 11.0. The first-order valence-corrected chi connectivity index (χ1v) is 6.13. The average Bonchev–Trinajstić information content (AvgIpc) is 2.22. The number of carbonyl (C=O) groups excluding carboxylic acids is 1. The van der Waals surface area contributed by atoms with Gasteiger partial charge in [-0.3, -0.25) is 0 Å². The number of alkyl carbamates (subject to hydrolysis) is 1. The minimum Gasteiger partial charge on any atom is -0.449 e. The van der Waals surface area contributed by atoms with Crippen LogP contribution in [0.25, 0.3) is 0 Å². The number of amides is 1. The fraction of sp³-hybridized carbons (Fsp3) is 0.300. The van der Waals surface area contributed by atoms with Crippen LogP contribution < -0.4 is 5.32 Å². The van der Waals surface area contributed by atoms with Gasteiger partial charge in [-0.1, -0.05) is 6.07 Å². The van der Waals surface area contributed by atoms with Crippen LogP contribution in [-0.4, -0.2) is 12.7 Å². The molecule has 6 heteroatoms.